The van der Waals surface area contributed by atoms with Crippen LogP contribution in [-0.4, -0.2) is 54.3 Å². The van der Waals surface area contributed by atoms with Gasteiger partial charge in [-0.1, -0.05) is 12.1 Å². The van der Waals surface area contributed by atoms with E-state index < -0.39 is 20.1 Å². The first-order valence-corrected chi connectivity index (χ1v) is 11.9. The van der Waals surface area contributed by atoms with Crippen molar-refractivity contribution in [3.63, 3.8) is 0 Å². The van der Waals surface area contributed by atoms with Crippen LogP contribution in [0.15, 0.2) is 53.4 Å². The van der Waals surface area contributed by atoms with Gasteiger partial charge in [-0.15, -0.1) is 0 Å². The predicted molar refractivity (Wildman–Crippen MR) is 109 cm³/mol. The van der Waals surface area contributed by atoms with Crippen LogP contribution in [0.5, 0.6) is 11.5 Å². The van der Waals surface area contributed by atoms with Crippen molar-refractivity contribution in [1.29, 1.82) is 0 Å². The Hall–Kier alpha value is -2.14. The van der Waals surface area contributed by atoms with Gasteiger partial charge in [0.05, 0.1) is 24.4 Å². The molecule has 2 aromatic carbocycles. The van der Waals surface area contributed by atoms with Crippen molar-refractivity contribution in [2.45, 2.75) is 18.4 Å². The standard InChI is InChI=1S/C19H25NO7S2/c1-4-28(21,22)27-18-7-5-6-16(14-18)15-20(12-13-25-2)29(23,24)19-10-8-17(26-3)9-11-19/h5-11,14H,4,12-13,15H2,1-3H3. The molecule has 29 heavy (non-hydrogen) atoms. The van der Waals surface area contributed by atoms with Gasteiger partial charge in [0.15, 0.2) is 0 Å². The van der Waals surface area contributed by atoms with Crippen LogP contribution in [0, 0.1) is 0 Å². The smallest absolute Gasteiger partial charge is 0.308 e. The molecule has 0 saturated heterocycles. The molecule has 8 nitrogen and oxygen atoms in total. The Bertz CT molecular complexity index is 1000. The van der Waals surface area contributed by atoms with Gasteiger partial charge in [0.25, 0.3) is 0 Å². The summed E-state index contributed by atoms with van der Waals surface area (Å²) in [5.74, 6) is 0.524. The average Bonchev–Trinajstić information content (AvgIpc) is 2.71. The van der Waals surface area contributed by atoms with Gasteiger partial charge in [-0.2, -0.15) is 12.7 Å². The minimum atomic E-state index is -3.81. The molecule has 0 spiro atoms. The highest BCUT2D eigenvalue weighted by atomic mass is 32.2. The van der Waals surface area contributed by atoms with E-state index in [-0.39, 0.29) is 36.1 Å². The third-order valence-corrected chi connectivity index (χ3v) is 7.09. The number of ether oxygens (including phenoxy) is 2. The summed E-state index contributed by atoms with van der Waals surface area (Å²) >= 11 is 0. The summed E-state index contributed by atoms with van der Waals surface area (Å²) in [5.41, 5.74) is 0.585. The minimum absolute atomic E-state index is 0.0289. The van der Waals surface area contributed by atoms with Gasteiger partial charge in [0, 0.05) is 20.2 Å². The third-order valence-electron chi connectivity index (χ3n) is 4.08. The van der Waals surface area contributed by atoms with Crippen LogP contribution in [0.3, 0.4) is 0 Å². The molecule has 0 saturated carbocycles. The van der Waals surface area contributed by atoms with E-state index in [2.05, 4.69) is 0 Å². The lowest BCUT2D eigenvalue weighted by Gasteiger charge is -2.22. The molecule has 0 aliphatic rings. The van der Waals surface area contributed by atoms with Crippen molar-refractivity contribution < 1.29 is 30.5 Å². The van der Waals surface area contributed by atoms with Crippen molar-refractivity contribution in [3.8, 4) is 11.5 Å². The quantitative estimate of drug-likeness (QED) is 0.491. The monoisotopic (exact) mass is 443 g/mol. The Morgan fingerprint density at radius 2 is 1.62 bits per heavy atom. The maximum Gasteiger partial charge on any atom is 0.308 e. The summed E-state index contributed by atoms with van der Waals surface area (Å²) in [4.78, 5) is 0.121. The number of methoxy groups -OCH3 is 2. The largest absolute Gasteiger partial charge is 0.497 e. The molecule has 0 aliphatic carbocycles. The molecule has 2 aromatic rings. The zero-order chi connectivity index (χ0) is 21.5. The van der Waals surface area contributed by atoms with E-state index in [9.17, 15) is 16.8 Å². The van der Waals surface area contributed by atoms with E-state index in [1.165, 1.54) is 49.7 Å². The summed E-state index contributed by atoms with van der Waals surface area (Å²) in [6, 6.07) is 12.4. The Labute approximate surface area is 172 Å². The van der Waals surface area contributed by atoms with Gasteiger partial charge in [-0.05, 0) is 48.9 Å². The second-order valence-corrected chi connectivity index (χ2v) is 9.88. The van der Waals surface area contributed by atoms with Crippen LogP contribution in [0.1, 0.15) is 12.5 Å². The van der Waals surface area contributed by atoms with Crippen molar-refractivity contribution in [3.05, 3.63) is 54.1 Å². The Morgan fingerprint density at radius 1 is 0.931 bits per heavy atom. The Kier molecular flexibility index (Phi) is 8.03. The minimum Gasteiger partial charge on any atom is -0.497 e. The molecule has 0 aromatic heterocycles. The molecule has 0 radical (unpaired) electrons. The van der Waals surface area contributed by atoms with Crippen LogP contribution in [-0.2, 0) is 31.4 Å². The van der Waals surface area contributed by atoms with Gasteiger partial charge < -0.3 is 13.7 Å². The molecular formula is C19H25NO7S2. The van der Waals surface area contributed by atoms with E-state index in [0.717, 1.165) is 0 Å². The predicted octanol–water partition coefficient (Wildman–Crippen LogP) is 2.26. The fraction of sp³-hybridized carbons (Fsp3) is 0.368. The zero-order valence-electron chi connectivity index (χ0n) is 16.6. The van der Waals surface area contributed by atoms with Crippen LogP contribution in [0.2, 0.25) is 0 Å². The summed E-state index contributed by atoms with van der Waals surface area (Å²) in [6.07, 6.45) is 0. The highest BCUT2D eigenvalue weighted by molar-refractivity contribution is 7.89. The molecule has 0 heterocycles. The summed E-state index contributed by atoms with van der Waals surface area (Å²) in [6.45, 7) is 1.84. The first-order chi connectivity index (χ1) is 13.7. The maximum atomic E-state index is 13.1. The van der Waals surface area contributed by atoms with E-state index in [4.69, 9.17) is 13.7 Å². The molecule has 0 bridgehead atoms. The molecule has 0 amide bonds. The van der Waals surface area contributed by atoms with E-state index in [0.29, 0.717) is 11.3 Å². The molecule has 0 N–H and O–H groups in total. The van der Waals surface area contributed by atoms with Crippen LogP contribution >= 0.6 is 0 Å². The normalized spacial score (nSPS) is 12.1. The zero-order valence-corrected chi connectivity index (χ0v) is 18.2. The number of rotatable bonds is 11. The second kappa shape index (κ2) is 10.1. The van der Waals surface area contributed by atoms with Crippen LogP contribution in [0.4, 0.5) is 0 Å². The van der Waals surface area contributed by atoms with Crippen molar-refractivity contribution in [2.24, 2.45) is 0 Å². The van der Waals surface area contributed by atoms with E-state index in [1.807, 2.05) is 0 Å². The second-order valence-electron chi connectivity index (χ2n) is 6.08. The molecule has 10 heteroatoms. The maximum absolute atomic E-state index is 13.1. The Morgan fingerprint density at radius 3 is 2.21 bits per heavy atom. The first-order valence-electron chi connectivity index (χ1n) is 8.86. The van der Waals surface area contributed by atoms with Gasteiger partial charge in [-0.25, -0.2) is 8.42 Å². The fourth-order valence-corrected chi connectivity index (χ4v) is 4.41. The van der Waals surface area contributed by atoms with Gasteiger partial charge >= 0.3 is 10.1 Å². The van der Waals surface area contributed by atoms with Crippen molar-refractivity contribution in [2.75, 3.05) is 33.1 Å². The molecule has 2 rings (SSSR count). The van der Waals surface area contributed by atoms with Crippen molar-refractivity contribution >= 4 is 20.1 Å². The summed E-state index contributed by atoms with van der Waals surface area (Å²) < 4.78 is 66.0. The molecular weight excluding hydrogens is 418 g/mol. The number of benzene rings is 2. The van der Waals surface area contributed by atoms with Gasteiger partial charge in [0.2, 0.25) is 10.0 Å². The first kappa shape index (κ1) is 23.1. The van der Waals surface area contributed by atoms with Gasteiger partial charge in [0.1, 0.15) is 11.5 Å². The molecule has 0 fully saturated rings. The number of hydrogen-bond acceptors (Lipinski definition) is 7. The van der Waals surface area contributed by atoms with Crippen molar-refractivity contribution in [1.82, 2.24) is 4.31 Å². The third kappa shape index (κ3) is 6.43. The van der Waals surface area contributed by atoms with Crippen LogP contribution in [0.25, 0.3) is 0 Å². The summed E-state index contributed by atoms with van der Waals surface area (Å²) in [5, 5.41) is 0. The number of nitrogens with zero attached hydrogens (tertiary/aromatic N) is 1. The molecule has 160 valence electrons. The number of hydrogen-bond donors (Lipinski definition) is 0. The average molecular weight is 444 g/mol. The lowest BCUT2D eigenvalue weighted by Crippen LogP contribution is -2.33. The Balaban J connectivity index is 2.30. The molecule has 0 atom stereocenters. The highest BCUT2D eigenvalue weighted by Crippen LogP contribution is 2.23. The lowest BCUT2D eigenvalue weighted by atomic mass is 10.2. The van der Waals surface area contributed by atoms with Gasteiger partial charge in [-0.3, -0.25) is 0 Å². The SMILES string of the molecule is CCS(=O)(=O)Oc1cccc(CN(CCOC)S(=O)(=O)c2ccc(OC)cc2)c1. The van der Waals surface area contributed by atoms with E-state index in [1.54, 1.807) is 24.3 Å². The lowest BCUT2D eigenvalue weighted by molar-refractivity contribution is 0.177. The van der Waals surface area contributed by atoms with E-state index >= 15 is 0 Å². The fourth-order valence-electron chi connectivity index (χ4n) is 2.48. The number of sulfonamides is 1. The highest BCUT2D eigenvalue weighted by Gasteiger charge is 2.25. The summed E-state index contributed by atoms with van der Waals surface area (Å²) in [7, 11) is -4.49. The molecule has 0 aliphatic heterocycles. The van der Waals surface area contributed by atoms with Crippen LogP contribution < -0.4 is 8.92 Å². The topological polar surface area (TPSA) is 99.2 Å². The molecule has 0 unspecified atom stereocenters.